The molecule has 12 nitrogen and oxygen atoms in total. The Morgan fingerprint density at radius 1 is 0.871 bits per heavy atom. The number of hydrogen-bond acceptors (Lipinski definition) is 12. The fraction of sp³-hybridized carbons (Fsp3) is 0.842. The van der Waals surface area contributed by atoms with Crippen molar-refractivity contribution in [3.05, 3.63) is 11.6 Å². The molecule has 0 aromatic rings. The minimum Gasteiger partial charge on any atom is -0.463 e. The van der Waals surface area contributed by atoms with Gasteiger partial charge in [-0.3, -0.25) is 0 Å². The Bertz CT molecular complexity index is 609. The van der Waals surface area contributed by atoms with Crippen LogP contribution >= 0.6 is 0 Å². The van der Waals surface area contributed by atoms with E-state index in [0.29, 0.717) is 5.57 Å². The van der Waals surface area contributed by atoms with E-state index in [0.717, 1.165) is 0 Å². The van der Waals surface area contributed by atoms with Crippen molar-refractivity contribution in [1.29, 1.82) is 0 Å². The summed E-state index contributed by atoms with van der Waals surface area (Å²) >= 11 is 0. The van der Waals surface area contributed by atoms with Gasteiger partial charge < -0.3 is 54.7 Å². The molecule has 0 bridgehead atoms. The van der Waals surface area contributed by atoms with Crippen molar-refractivity contribution in [2.45, 2.75) is 81.5 Å². The maximum absolute atomic E-state index is 11.6. The molecule has 2 fully saturated rings. The van der Waals surface area contributed by atoms with Gasteiger partial charge in [-0.05, 0) is 20.3 Å². The molecule has 12 heteroatoms. The summed E-state index contributed by atoms with van der Waals surface area (Å²) in [7, 11) is 0. The maximum Gasteiger partial charge on any atom is 0.330 e. The lowest BCUT2D eigenvalue weighted by atomic mass is 9.91. The van der Waals surface area contributed by atoms with Gasteiger partial charge in [-0.1, -0.05) is 5.57 Å². The second-order valence-electron chi connectivity index (χ2n) is 7.62. The molecular formula is C19H32O12. The fourth-order valence-electron chi connectivity index (χ4n) is 3.60. The SMILES string of the molecule is CCOC(=O)/C=C(\C)C[C@@H]1O[C@H](CO)C(OC2O[C@H](CO)[C@H](O)[C@H](O)[C@H]2O)[C@H](O)[C@H]1O. The number of carbonyl (C=O) groups excluding carboxylic acids is 1. The Hall–Kier alpha value is -1.19. The van der Waals surface area contributed by atoms with E-state index in [4.69, 9.17) is 18.9 Å². The van der Waals surface area contributed by atoms with E-state index in [1.54, 1.807) is 13.8 Å². The third-order valence-electron chi connectivity index (χ3n) is 5.28. The Balaban J connectivity index is 2.09. The molecule has 2 heterocycles. The first-order valence-electron chi connectivity index (χ1n) is 10.1. The summed E-state index contributed by atoms with van der Waals surface area (Å²) in [5, 5.41) is 69.9. The molecule has 0 amide bonds. The molecule has 0 aliphatic carbocycles. The van der Waals surface area contributed by atoms with Crippen LogP contribution in [0.15, 0.2) is 11.6 Å². The van der Waals surface area contributed by atoms with Crippen LogP contribution in [-0.2, 0) is 23.7 Å². The number of aliphatic hydroxyl groups is 7. The molecule has 0 radical (unpaired) electrons. The van der Waals surface area contributed by atoms with Gasteiger partial charge in [0.05, 0.1) is 25.9 Å². The Morgan fingerprint density at radius 3 is 2.06 bits per heavy atom. The highest BCUT2D eigenvalue weighted by Gasteiger charge is 2.50. The van der Waals surface area contributed by atoms with E-state index in [2.05, 4.69) is 0 Å². The molecule has 2 unspecified atom stereocenters. The van der Waals surface area contributed by atoms with Gasteiger partial charge in [-0.15, -0.1) is 0 Å². The minimum absolute atomic E-state index is 0.0559. The monoisotopic (exact) mass is 452 g/mol. The fourth-order valence-corrected chi connectivity index (χ4v) is 3.60. The van der Waals surface area contributed by atoms with Gasteiger partial charge in [0.25, 0.3) is 0 Å². The second kappa shape index (κ2) is 11.6. The zero-order valence-electron chi connectivity index (χ0n) is 17.4. The van der Waals surface area contributed by atoms with Crippen LogP contribution in [0.4, 0.5) is 0 Å². The van der Waals surface area contributed by atoms with Gasteiger partial charge in [-0.2, -0.15) is 0 Å². The van der Waals surface area contributed by atoms with Crippen LogP contribution in [0.25, 0.3) is 0 Å². The van der Waals surface area contributed by atoms with Crippen molar-refractivity contribution < 1.29 is 59.5 Å². The van der Waals surface area contributed by atoms with E-state index < -0.39 is 80.4 Å². The van der Waals surface area contributed by atoms with Crippen LogP contribution in [0.2, 0.25) is 0 Å². The first kappa shape index (κ1) is 26.1. The smallest absolute Gasteiger partial charge is 0.330 e. The molecule has 0 aromatic heterocycles. The Kier molecular flexibility index (Phi) is 9.76. The molecule has 2 saturated heterocycles. The number of carbonyl (C=O) groups is 1. The Labute approximate surface area is 179 Å². The third kappa shape index (κ3) is 6.20. The lowest BCUT2D eigenvalue weighted by Crippen LogP contribution is -2.64. The van der Waals surface area contributed by atoms with E-state index in [1.165, 1.54) is 6.08 Å². The van der Waals surface area contributed by atoms with Crippen molar-refractivity contribution in [3.63, 3.8) is 0 Å². The largest absolute Gasteiger partial charge is 0.463 e. The van der Waals surface area contributed by atoms with Crippen LogP contribution in [0, 0.1) is 0 Å². The molecule has 2 aliphatic rings. The van der Waals surface area contributed by atoms with Crippen molar-refractivity contribution >= 4 is 5.97 Å². The number of esters is 1. The van der Waals surface area contributed by atoms with E-state index in [9.17, 15) is 40.5 Å². The average molecular weight is 452 g/mol. The van der Waals surface area contributed by atoms with Crippen LogP contribution in [0.3, 0.4) is 0 Å². The molecule has 7 N–H and O–H groups in total. The van der Waals surface area contributed by atoms with Crippen LogP contribution < -0.4 is 0 Å². The first-order chi connectivity index (χ1) is 14.6. The van der Waals surface area contributed by atoms with Gasteiger partial charge in [0.1, 0.15) is 48.8 Å². The molecule has 180 valence electrons. The number of rotatable bonds is 8. The van der Waals surface area contributed by atoms with Gasteiger partial charge in [-0.25, -0.2) is 4.79 Å². The van der Waals surface area contributed by atoms with E-state index in [-0.39, 0.29) is 13.0 Å². The standard InChI is InChI=1S/C19H32O12/c1-3-28-12(22)5-8(2)4-9-13(23)16(26)18(11(7-21)29-9)31-19-17(27)15(25)14(24)10(6-20)30-19/h5,9-11,13-21,23-27H,3-4,6-7H2,1-2H3/b8-5+/t9-,10+,11+,13-,14-,15-,16+,17+,18?,19?/m0/s1. The molecule has 10 atom stereocenters. The summed E-state index contributed by atoms with van der Waals surface area (Å²) in [6.45, 7) is 2.18. The van der Waals surface area contributed by atoms with Crippen LogP contribution in [0.1, 0.15) is 20.3 Å². The summed E-state index contributed by atoms with van der Waals surface area (Å²) < 4.78 is 21.2. The van der Waals surface area contributed by atoms with Crippen molar-refractivity contribution in [1.82, 2.24) is 0 Å². The highest BCUT2D eigenvalue weighted by atomic mass is 16.7. The summed E-state index contributed by atoms with van der Waals surface area (Å²) in [6.07, 6.45) is -13.1. The van der Waals surface area contributed by atoms with Crippen molar-refractivity contribution in [2.24, 2.45) is 0 Å². The average Bonchev–Trinajstić information content (AvgIpc) is 2.73. The molecule has 0 spiro atoms. The number of aliphatic hydroxyl groups excluding tert-OH is 7. The Morgan fingerprint density at radius 2 is 1.48 bits per heavy atom. The predicted molar refractivity (Wildman–Crippen MR) is 101 cm³/mol. The molecule has 0 aromatic carbocycles. The van der Waals surface area contributed by atoms with Crippen LogP contribution in [-0.4, -0.2) is 123 Å². The quantitative estimate of drug-likeness (QED) is 0.142. The van der Waals surface area contributed by atoms with Crippen LogP contribution in [0.5, 0.6) is 0 Å². The van der Waals surface area contributed by atoms with Gasteiger partial charge >= 0.3 is 5.97 Å². The summed E-state index contributed by atoms with van der Waals surface area (Å²) in [6, 6.07) is 0. The zero-order chi connectivity index (χ0) is 23.3. The molecule has 2 rings (SSSR count). The van der Waals surface area contributed by atoms with E-state index >= 15 is 0 Å². The zero-order valence-corrected chi connectivity index (χ0v) is 17.4. The molecule has 31 heavy (non-hydrogen) atoms. The highest BCUT2D eigenvalue weighted by molar-refractivity contribution is 5.82. The molecule has 2 aliphatic heterocycles. The lowest BCUT2D eigenvalue weighted by molar-refractivity contribution is -0.341. The highest BCUT2D eigenvalue weighted by Crippen LogP contribution is 2.30. The summed E-state index contributed by atoms with van der Waals surface area (Å²) in [5.41, 5.74) is 0.514. The summed E-state index contributed by atoms with van der Waals surface area (Å²) in [4.78, 5) is 11.6. The second-order valence-corrected chi connectivity index (χ2v) is 7.62. The summed E-state index contributed by atoms with van der Waals surface area (Å²) in [5.74, 6) is -0.562. The third-order valence-corrected chi connectivity index (χ3v) is 5.28. The first-order valence-corrected chi connectivity index (χ1v) is 10.1. The van der Waals surface area contributed by atoms with Crippen molar-refractivity contribution in [3.8, 4) is 0 Å². The number of ether oxygens (including phenoxy) is 4. The van der Waals surface area contributed by atoms with E-state index in [1.807, 2.05) is 0 Å². The van der Waals surface area contributed by atoms with Gasteiger partial charge in [0.2, 0.25) is 0 Å². The van der Waals surface area contributed by atoms with Crippen molar-refractivity contribution in [2.75, 3.05) is 19.8 Å². The maximum atomic E-state index is 11.6. The molecule has 0 saturated carbocycles. The normalized spacial score (nSPS) is 41.8. The van der Waals surface area contributed by atoms with Gasteiger partial charge in [0.15, 0.2) is 6.29 Å². The van der Waals surface area contributed by atoms with Gasteiger partial charge in [0, 0.05) is 6.08 Å². The number of hydrogen-bond donors (Lipinski definition) is 7. The topological polar surface area (TPSA) is 196 Å². The lowest BCUT2D eigenvalue weighted by Gasteiger charge is -2.46. The minimum atomic E-state index is -1.73. The predicted octanol–water partition coefficient (Wildman–Crippen LogP) is -3.45. The molecular weight excluding hydrogens is 420 g/mol.